The Hall–Kier alpha value is -0.980. The molecule has 1 saturated heterocycles. The van der Waals surface area contributed by atoms with E-state index in [1.54, 1.807) is 19.3 Å². The zero-order chi connectivity index (χ0) is 16.0. The maximum absolute atomic E-state index is 2.82. The van der Waals surface area contributed by atoms with Crippen LogP contribution in [0.1, 0.15) is 58.4 Å². The Labute approximate surface area is 141 Å². The molecule has 0 radical (unpaired) electrons. The summed E-state index contributed by atoms with van der Waals surface area (Å²) in [7, 11) is 0. The Morgan fingerprint density at radius 3 is 2.57 bits per heavy atom. The van der Waals surface area contributed by atoms with Gasteiger partial charge in [-0.25, -0.2) is 0 Å². The van der Waals surface area contributed by atoms with Gasteiger partial charge in [0.05, 0.1) is 0 Å². The van der Waals surface area contributed by atoms with E-state index in [0.29, 0.717) is 11.5 Å². The molecule has 1 aromatic rings. The monoisotopic (exact) mass is 309 g/mol. The largest absolute Gasteiger partial charge is 0.363 e. The zero-order valence-corrected chi connectivity index (χ0v) is 15.2. The first-order valence-electron chi connectivity index (χ1n) is 9.78. The molecule has 1 aromatic carbocycles. The van der Waals surface area contributed by atoms with E-state index in [4.69, 9.17) is 0 Å². The molecule has 6 atom stereocenters. The Bertz CT molecular complexity index is 643. The molecule has 124 valence electrons. The molecular weight excluding hydrogens is 278 g/mol. The van der Waals surface area contributed by atoms with Crippen molar-refractivity contribution in [2.45, 2.75) is 71.4 Å². The number of rotatable bonds is 1. The van der Waals surface area contributed by atoms with Crippen LogP contribution in [0.5, 0.6) is 0 Å². The van der Waals surface area contributed by atoms with E-state index in [2.05, 4.69) is 56.9 Å². The molecule has 4 aliphatic carbocycles. The third-order valence-electron chi connectivity index (χ3n) is 8.38. The van der Waals surface area contributed by atoms with Gasteiger partial charge in [-0.2, -0.15) is 0 Å². The second kappa shape index (κ2) is 4.35. The molecule has 0 N–H and O–H groups in total. The van der Waals surface area contributed by atoms with Crippen LogP contribution < -0.4 is 4.90 Å². The molecule has 4 bridgehead atoms. The minimum Gasteiger partial charge on any atom is -0.363 e. The van der Waals surface area contributed by atoms with Crippen molar-refractivity contribution in [1.29, 1.82) is 0 Å². The van der Waals surface area contributed by atoms with Crippen LogP contribution in [0.4, 0.5) is 5.69 Å². The summed E-state index contributed by atoms with van der Waals surface area (Å²) in [5, 5.41) is 0. The highest BCUT2D eigenvalue weighted by Gasteiger charge is 2.69. The Kier molecular flexibility index (Phi) is 2.72. The van der Waals surface area contributed by atoms with Crippen LogP contribution in [-0.2, 0) is 0 Å². The van der Waals surface area contributed by atoms with Gasteiger partial charge in [-0.15, -0.1) is 0 Å². The van der Waals surface area contributed by atoms with Crippen molar-refractivity contribution in [3.05, 3.63) is 29.8 Å². The highest BCUT2D eigenvalue weighted by molar-refractivity contribution is 5.58. The number of nitrogens with zero attached hydrogens (tertiary/aromatic N) is 1. The highest BCUT2D eigenvalue weighted by atomic mass is 15.3. The SMILES string of the molecule is Cc1ccccc1N1[C@@H](C)C2(CC1(C)C)C1CC3CC(C1)C2C3. The Balaban J connectivity index is 1.62. The first-order valence-corrected chi connectivity index (χ1v) is 9.78. The quantitative estimate of drug-likeness (QED) is 0.669. The molecule has 23 heavy (non-hydrogen) atoms. The molecule has 0 amide bonds. The van der Waals surface area contributed by atoms with Crippen molar-refractivity contribution in [3.63, 3.8) is 0 Å². The van der Waals surface area contributed by atoms with Gasteiger partial charge in [-0.05, 0) is 101 Å². The normalized spacial score (nSPS) is 46.3. The summed E-state index contributed by atoms with van der Waals surface area (Å²) in [6.07, 6.45) is 7.59. The number of para-hydroxylation sites is 1. The number of aryl methyl sites for hydroxylation is 1. The molecule has 1 heterocycles. The summed E-state index contributed by atoms with van der Waals surface area (Å²) in [5.41, 5.74) is 3.81. The van der Waals surface area contributed by atoms with Gasteiger partial charge in [0.25, 0.3) is 0 Å². The molecule has 5 unspecified atom stereocenters. The first kappa shape index (κ1) is 14.4. The van der Waals surface area contributed by atoms with Crippen molar-refractivity contribution in [2.24, 2.45) is 29.1 Å². The maximum atomic E-state index is 2.82. The van der Waals surface area contributed by atoms with Gasteiger partial charge < -0.3 is 4.90 Å². The van der Waals surface area contributed by atoms with Crippen LogP contribution in [-0.4, -0.2) is 11.6 Å². The molecule has 4 saturated carbocycles. The summed E-state index contributed by atoms with van der Waals surface area (Å²) in [5.74, 6) is 4.17. The van der Waals surface area contributed by atoms with Crippen LogP contribution in [0.3, 0.4) is 0 Å². The lowest BCUT2D eigenvalue weighted by molar-refractivity contribution is 0.0584. The average Bonchev–Trinajstić information content (AvgIpc) is 2.98. The van der Waals surface area contributed by atoms with E-state index >= 15 is 0 Å². The van der Waals surface area contributed by atoms with E-state index in [1.165, 1.54) is 24.1 Å². The van der Waals surface area contributed by atoms with Crippen LogP contribution in [0.25, 0.3) is 0 Å². The van der Waals surface area contributed by atoms with Crippen LogP contribution in [0, 0.1) is 36.0 Å². The number of benzene rings is 1. The fraction of sp³-hybridized carbons (Fsp3) is 0.727. The number of hydrogen-bond donors (Lipinski definition) is 0. The molecule has 1 nitrogen and oxygen atoms in total. The van der Waals surface area contributed by atoms with Crippen LogP contribution >= 0.6 is 0 Å². The topological polar surface area (TPSA) is 3.24 Å². The molecule has 1 heteroatoms. The maximum Gasteiger partial charge on any atom is 0.0402 e. The van der Waals surface area contributed by atoms with Crippen molar-refractivity contribution < 1.29 is 0 Å². The van der Waals surface area contributed by atoms with Gasteiger partial charge in [0.1, 0.15) is 0 Å². The predicted octanol–water partition coefficient (Wildman–Crippen LogP) is 5.42. The highest BCUT2D eigenvalue weighted by Crippen LogP contribution is 2.73. The minimum absolute atomic E-state index is 0.286. The van der Waals surface area contributed by atoms with Crippen LogP contribution in [0.2, 0.25) is 0 Å². The van der Waals surface area contributed by atoms with Crippen molar-refractivity contribution in [1.82, 2.24) is 0 Å². The van der Waals surface area contributed by atoms with Gasteiger partial charge >= 0.3 is 0 Å². The van der Waals surface area contributed by atoms with Gasteiger partial charge in [0.15, 0.2) is 0 Å². The van der Waals surface area contributed by atoms with Gasteiger partial charge in [0, 0.05) is 17.3 Å². The van der Waals surface area contributed by atoms with Crippen LogP contribution in [0.15, 0.2) is 24.3 Å². The van der Waals surface area contributed by atoms with Gasteiger partial charge in [0.2, 0.25) is 0 Å². The molecule has 5 aliphatic rings. The van der Waals surface area contributed by atoms with Gasteiger partial charge in [-0.3, -0.25) is 0 Å². The summed E-state index contributed by atoms with van der Waals surface area (Å²) >= 11 is 0. The molecule has 0 aromatic heterocycles. The molecular formula is C22H31N. The Morgan fingerprint density at radius 1 is 1.04 bits per heavy atom. The lowest BCUT2D eigenvalue weighted by atomic mass is 9.59. The standard InChI is InChI=1S/C22H31N/c1-14-7-5-6-8-20(14)23-15(2)22(13-21(23,3)4)18-10-16-9-17(12-18)19(22)11-16/h5-8,15-19H,9-13H2,1-4H3/t15-,16?,17?,18?,19?,22?/m0/s1. The summed E-state index contributed by atoms with van der Waals surface area (Å²) < 4.78 is 0. The second-order valence-electron chi connectivity index (χ2n) is 9.81. The van der Waals surface area contributed by atoms with E-state index in [1.807, 2.05) is 0 Å². The summed E-state index contributed by atoms with van der Waals surface area (Å²) in [4.78, 5) is 2.82. The van der Waals surface area contributed by atoms with E-state index in [-0.39, 0.29) is 5.54 Å². The minimum atomic E-state index is 0.286. The third kappa shape index (κ3) is 1.64. The lowest BCUT2D eigenvalue weighted by Crippen LogP contribution is -2.47. The first-order chi connectivity index (χ1) is 10.9. The van der Waals surface area contributed by atoms with E-state index in [9.17, 15) is 0 Å². The fourth-order valence-electron chi connectivity index (χ4n) is 8.00. The lowest BCUT2D eigenvalue weighted by Gasteiger charge is -2.46. The zero-order valence-electron chi connectivity index (χ0n) is 15.2. The van der Waals surface area contributed by atoms with E-state index < -0.39 is 0 Å². The molecule has 6 rings (SSSR count). The summed E-state index contributed by atoms with van der Waals surface area (Å²) in [6.45, 7) is 9.86. The van der Waals surface area contributed by atoms with Gasteiger partial charge in [-0.1, -0.05) is 18.2 Å². The fourth-order valence-corrected chi connectivity index (χ4v) is 8.00. The Morgan fingerprint density at radius 2 is 1.83 bits per heavy atom. The molecule has 5 fully saturated rings. The predicted molar refractivity (Wildman–Crippen MR) is 96.7 cm³/mol. The average molecular weight is 309 g/mol. The number of hydrogen-bond acceptors (Lipinski definition) is 1. The van der Waals surface area contributed by atoms with Crippen molar-refractivity contribution >= 4 is 5.69 Å². The third-order valence-corrected chi connectivity index (χ3v) is 8.38. The molecule has 1 aliphatic heterocycles. The number of anilines is 1. The second-order valence-corrected chi connectivity index (χ2v) is 9.81. The van der Waals surface area contributed by atoms with E-state index in [0.717, 1.165) is 23.7 Å². The smallest absolute Gasteiger partial charge is 0.0402 e. The van der Waals surface area contributed by atoms with Crippen molar-refractivity contribution in [2.75, 3.05) is 4.90 Å². The summed E-state index contributed by atoms with van der Waals surface area (Å²) in [6, 6.07) is 9.74. The van der Waals surface area contributed by atoms with Crippen molar-refractivity contribution in [3.8, 4) is 0 Å². The molecule has 1 spiro atoms.